The van der Waals surface area contributed by atoms with Gasteiger partial charge >= 0.3 is 12.1 Å². The molecule has 2 heterocycles. The molecule has 182 valence electrons. The van der Waals surface area contributed by atoms with Gasteiger partial charge in [0.15, 0.2) is 5.82 Å². The molecular weight excluding hydrogens is 439 g/mol. The summed E-state index contributed by atoms with van der Waals surface area (Å²) in [6.45, 7) is 9.31. The van der Waals surface area contributed by atoms with Crippen LogP contribution in [0, 0.1) is 0 Å². The van der Waals surface area contributed by atoms with E-state index in [9.17, 15) is 14.0 Å². The number of carbonyl (C=O) groups is 2. The number of anilines is 1. The van der Waals surface area contributed by atoms with Crippen LogP contribution in [0.3, 0.4) is 0 Å². The predicted molar refractivity (Wildman–Crippen MR) is 127 cm³/mol. The number of nitrogens with zero attached hydrogens (tertiary/aromatic N) is 4. The lowest BCUT2D eigenvalue weighted by atomic mass is 10.2. The average Bonchev–Trinajstić information content (AvgIpc) is 3.22. The van der Waals surface area contributed by atoms with E-state index >= 15 is 0 Å². The first-order chi connectivity index (χ1) is 16.2. The summed E-state index contributed by atoms with van der Waals surface area (Å²) in [6.07, 6.45) is 3.86. The Morgan fingerprint density at radius 2 is 1.94 bits per heavy atom. The molecule has 1 atom stereocenters. The fourth-order valence-corrected chi connectivity index (χ4v) is 3.67. The molecule has 34 heavy (non-hydrogen) atoms. The van der Waals surface area contributed by atoms with Crippen LogP contribution in [0.2, 0.25) is 0 Å². The molecule has 3 rings (SSSR count). The molecule has 0 bridgehead atoms. The van der Waals surface area contributed by atoms with Gasteiger partial charge in [-0.2, -0.15) is 4.39 Å². The van der Waals surface area contributed by atoms with Crippen LogP contribution in [-0.4, -0.2) is 58.3 Å². The van der Waals surface area contributed by atoms with Crippen molar-refractivity contribution in [3.05, 3.63) is 59.8 Å². The Morgan fingerprint density at radius 3 is 2.56 bits per heavy atom. The van der Waals surface area contributed by atoms with E-state index in [1.165, 1.54) is 22.9 Å². The van der Waals surface area contributed by atoms with Crippen molar-refractivity contribution in [2.45, 2.75) is 52.3 Å². The number of esters is 1. The van der Waals surface area contributed by atoms with E-state index in [0.717, 1.165) is 25.6 Å². The maximum absolute atomic E-state index is 13.9. The van der Waals surface area contributed by atoms with Crippen LogP contribution in [0.5, 0.6) is 0 Å². The van der Waals surface area contributed by atoms with E-state index in [-0.39, 0.29) is 18.3 Å². The largest absolute Gasteiger partial charge is 0.461 e. The third-order valence-corrected chi connectivity index (χ3v) is 5.10. The van der Waals surface area contributed by atoms with Crippen LogP contribution in [0.15, 0.2) is 48.6 Å². The van der Waals surface area contributed by atoms with Crippen molar-refractivity contribution in [2.24, 2.45) is 0 Å². The monoisotopic (exact) mass is 470 g/mol. The molecule has 9 heteroatoms. The fraction of sp³-hybridized carbons (Fsp3) is 0.440. The third kappa shape index (κ3) is 7.08. The van der Waals surface area contributed by atoms with E-state index in [2.05, 4.69) is 31.7 Å². The van der Waals surface area contributed by atoms with Gasteiger partial charge in [-0.05, 0) is 39.7 Å². The second-order valence-electron chi connectivity index (χ2n) is 9.03. The number of benzene rings is 1. The number of carbonyl (C=O) groups excluding carboxylic acids is 2. The number of hydrogen-bond acceptors (Lipinski definition) is 7. The lowest BCUT2D eigenvalue weighted by Crippen LogP contribution is -2.45. The van der Waals surface area contributed by atoms with Crippen LogP contribution in [0.25, 0.3) is 6.08 Å². The number of hydrogen-bond donors (Lipinski definition) is 0. The molecule has 1 saturated heterocycles. The second-order valence-corrected chi connectivity index (χ2v) is 9.03. The van der Waals surface area contributed by atoms with Gasteiger partial charge < -0.3 is 9.47 Å². The smallest absolute Gasteiger partial charge is 0.416 e. The number of halogens is 1. The van der Waals surface area contributed by atoms with Crippen LogP contribution in [-0.2, 0) is 20.8 Å². The molecule has 0 saturated carbocycles. The van der Waals surface area contributed by atoms with Gasteiger partial charge in [-0.15, -0.1) is 0 Å². The molecule has 1 aliphatic rings. The Hall–Kier alpha value is -3.33. The summed E-state index contributed by atoms with van der Waals surface area (Å²) in [6, 6.07) is 9.98. The molecule has 0 radical (unpaired) electrons. The van der Waals surface area contributed by atoms with E-state index in [0.29, 0.717) is 12.4 Å². The summed E-state index contributed by atoms with van der Waals surface area (Å²) in [4.78, 5) is 36.9. The van der Waals surface area contributed by atoms with E-state index < -0.39 is 23.5 Å². The molecule has 1 aromatic heterocycles. The summed E-state index contributed by atoms with van der Waals surface area (Å²) < 4.78 is 24.2. The number of aromatic nitrogens is 2. The minimum Gasteiger partial charge on any atom is -0.461 e. The first kappa shape index (κ1) is 25.3. The lowest BCUT2D eigenvalue weighted by molar-refractivity contribution is -0.140. The zero-order valence-corrected chi connectivity index (χ0v) is 20.0. The maximum Gasteiger partial charge on any atom is 0.416 e. The molecule has 1 amide bonds. The molecular formula is C25H31FN4O4. The number of likely N-dealkylation sites (tertiary alicyclic amines) is 1. The molecule has 1 aliphatic heterocycles. The van der Waals surface area contributed by atoms with Gasteiger partial charge in [0.05, 0.1) is 30.7 Å². The first-order valence-electron chi connectivity index (χ1n) is 11.3. The molecule has 1 aromatic carbocycles. The minimum absolute atomic E-state index is 0.0677. The molecule has 1 fully saturated rings. The first-order valence-corrected chi connectivity index (χ1v) is 11.3. The summed E-state index contributed by atoms with van der Waals surface area (Å²) in [5.74, 6) is -1.83. The molecule has 0 unspecified atom stereocenters. The highest BCUT2D eigenvalue weighted by atomic mass is 19.1. The standard InChI is InChI=1S/C25H31FN4O4/c1-5-33-23(31)21(26)13-19-14-28-22(15-27-19)30(24(32)34-25(2,3)4)20-11-12-29(17-20)16-18-9-7-6-8-10-18/h6-10,13-15,20H,5,11-12,16-17H2,1-4H3/t20-/m1/s1. The quantitative estimate of drug-likeness (QED) is 0.439. The molecule has 0 N–H and O–H groups in total. The van der Waals surface area contributed by atoms with Crippen LogP contribution >= 0.6 is 0 Å². The Bertz CT molecular complexity index is 1010. The van der Waals surface area contributed by atoms with E-state index in [1.807, 2.05) is 18.2 Å². The normalized spacial score (nSPS) is 16.9. The van der Waals surface area contributed by atoms with Gasteiger partial charge in [0.2, 0.25) is 5.83 Å². The second kappa shape index (κ2) is 11.2. The van der Waals surface area contributed by atoms with Gasteiger partial charge in [-0.3, -0.25) is 14.8 Å². The van der Waals surface area contributed by atoms with Crippen molar-refractivity contribution in [3.8, 4) is 0 Å². The Balaban J connectivity index is 1.79. The Kier molecular flexibility index (Phi) is 8.33. The Labute approximate surface area is 199 Å². The average molecular weight is 471 g/mol. The summed E-state index contributed by atoms with van der Waals surface area (Å²) in [5.41, 5.74) is 0.651. The van der Waals surface area contributed by atoms with Crippen molar-refractivity contribution in [3.63, 3.8) is 0 Å². The summed E-state index contributed by atoms with van der Waals surface area (Å²) in [5, 5.41) is 0. The Morgan fingerprint density at radius 1 is 1.21 bits per heavy atom. The van der Waals surface area contributed by atoms with Crippen LogP contribution < -0.4 is 4.90 Å². The van der Waals surface area contributed by atoms with Crippen molar-refractivity contribution >= 4 is 24.0 Å². The van der Waals surface area contributed by atoms with Gasteiger partial charge in [-0.25, -0.2) is 14.6 Å². The highest BCUT2D eigenvalue weighted by Crippen LogP contribution is 2.25. The topological polar surface area (TPSA) is 84.9 Å². The molecule has 8 nitrogen and oxygen atoms in total. The van der Waals surface area contributed by atoms with Crippen LogP contribution in [0.4, 0.5) is 15.0 Å². The number of ether oxygens (including phenoxy) is 2. The van der Waals surface area contributed by atoms with Crippen molar-refractivity contribution in [1.82, 2.24) is 14.9 Å². The molecule has 0 spiro atoms. The van der Waals surface area contributed by atoms with Crippen molar-refractivity contribution in [1.29, 1.82) is 0 Å². The summed E-state index contributed by atoms with van der Waals surface area (Å²) >= 11 is 0. The van der Waals surface area contributed by atoms with Gasteiger partial charge in [0, 0.05) is 25.7 Å². The SMILES string of the molecule is CCOC(=O)C(F)=Cc1cnc(N(C(=O)OC(C)(C)C)[C@@H]2CCN(Cc3ccccc3)C2)cn1. The van der Waals surface area contributed by atoms with Crippen molar-refractivity contribution in [2.75, 3.05) is 24.6 Å². The van der Waals surface area contributed by atoms with E-state index in [4.69, 9.17) is 4.74 Å². The maximum atomic E-state index is 13.9. The summed E-state index contributed by atoms with van der Waals surface area (Å²) in [7, 11) is 0. The number of amides is 1. The minimum atomic E-state index is -1.07. The third-order valence-electron chi connectivity index (χ3n) is 5.10. The van der Waals surface area contributed by atoms with Gasteiger partial charge in [0.25, 0.3) is 0 Å². The predicted octanol–water partition coefficient (Wildman–Crippen LogP) is 4.37. The van der Waals surface area contributed by atoms with Gasteiger partial charge in [0.1, 0.15) is 5.60 Å². The van der Waals surface area contributed by atoms with E-state index in [1.54, 1.807) is 27.7 Å². The highest BCUT2D eigenvalue weighted by Gasteiger charge is 2.35. The van der Waals surface area contributed by atoms with Crippen molar-refractivity contribution < 1.29 is 23.5 Å². The zero-order valence-electron chi connectivity index (χ0n) is 20.0. The molecule has 0 aliphatic carbocycles. The lowest BCUT2D eigenvalue weighted by Gasteiger charge is -2.30. The number of rotatable bonds is 7. The highest BCUT2D eigenvalue weighted by molar-refractivity contribution is 5.91. The van der Waals surface area contributed by atoms with Gasteiger partial charge in [-0.1, -0.05) is 30.3 Å². The fourth-order valence-electron chi connectivity index (χ4n) is 3.67. The molecule has 2 aromatic rings. The van der Waals surface area contributed by atoms with Crippen LogP contribution in [0.1, 0.15) is 45.4 Å². The zero-order chi connectivity index (χ0) is 24.7.